The largest absolute Gasteiger partial charge is 0.439 e. The van der Waals surface area contributed by atoms with Gasteiger partial charge in [-0.05, 0) is 18.6 Å². The van der Waals surface area contributed by atoms with Crippen molar-refractivity contribution in [2.45, 2.75) is 38.8 Å². The zero-order valence-electron chi connectivity index (χ0n) is 19.4. The van der Waals surface area contributed by atoms with Crippen LogP contribution in [0, 0.1) is 0 Å². The van der Waals surface area contributed by atoms with Crippen LogP contribution in [-0.4, -0.2) is 52.7 Å². The number of aliphatic hydroxyl groups is 1. The minimum Gasteiger partial charge on any atom is -0.439 e. The summed E-state index contributed by atoms with van der Waals surface area (Å²) >= 11 is 0. The molecule has 0 spiro atoms. The first-order chi connectivity index (χ1) is 15.6. The second kappa shape index (κ2) is 12.4. The van der Waals surface area contributed by atoms with Crippen molar-refractivity contribution in [2.24, 2.45) is 7.05 Å². The summed E-state index contributed by atoms with van der Waals surface area (Å²) in [5.74, 6) is 1.48. The van der Waals surface area contributed by atoms with Gasteiger partial charge in [0.15, 0.2) is 0 Å². The summed E-state index contributed by atoms with van der Waals surface area (Å²) < 4.78 is 13.4. The van der Waals surface area contributed by atoms with Crippen LogP contribution in [0.1, 0.15) is 31.7 Å². The Morgan fingerprint density at radius 2 is 1.75 bits per heavy atom. The maximum absolute atomic E-state index is 10.6. The highest BCUT2D eigenvalue weighted by molar-refractivity contribution is 5.65. The Morgan fingerprint density at radius 3 is 2.41 bits per heavy atom. The van der Waals surface area contributed by atoms with Crippen molar-refractivity contribution in [3.05, 3.63) is 66.2 Å². The Balaban J connectivity index is 1.94. The Kier molecular flexibility index (Phi) is 9.28. The molecule has 1 atom stereocenters. The minimum absolute atomic E-state index is 0.373. The summed E-state index contributed by atoms with van der Waals surface area (Å²) in [5.41, 5.74) is 2.94. The van der Waals surface area contributed by atoms with Crippen molar-refractivity contribution in [3.8, 4) is 22.9 Å². The van der Waals surface area contributed by atoms with Gasteiger partial charge in [-0.3, -0.25) is 4.90 Å². The van der Waals surface area contributed by atoms with Gasteiger partial charge in [0.2, 0.25) is 5.88 Å². The third-order valence-corrected chi connectivity index (χ3v) is 5.45. The number of aryl methyl sites for hydroxylation is 1. The summed E-state index contributed by atoms with van der Waals surface area (Å²) in [5, 5.41) is 15.4. The fraction of sp³-hybridized carbons (Fsp3) is 0.423. The van der Waals surface area contributed by atoms with Gasteiger partial charge in [0.05, 0.1) is 18.3 Å². The molecule has 0 saturated carbocycles. The van der Waals surface area contributed by atoms with E-state index in [1.54, 1.807) is 11.8 Å². The lowest BCUT2D eigenvalue weighted by atomic mass is 10.1. The van der Waals surface area contributed by atoms with E-state index in [9.17, 15) is 5.11 Å². The molecule has 0 radical (unpaired) electrons. The van der Waals surface area contributed by atoms with Crippen LogP contribution in [0.2, 0.25) is 0 Å². The normalized spacial score (nSPS) is 12.3. The molecule has 3 aromatic rings. The molecule has 0 fully saturated rings. The van der Waals surface area contributed by atoms with Crippen LogP contribution >= 0.6 is 0 Å². The molecule has 32 heavy (non-hydrogen) atoms. The number of hydrogen-bond donors (Lipinski definition) is 1. The van der Waals surface area contributed by atoms with E-state index in [1.807, 2.05) is 55.6 Å². The van der Waals surface area contributed by atoms with Gasteiger partial charge in [0.25, 0.3) is 0 Å². The summed E-state index contributed by atoms with van der Waals surface area (Å²) in [6.07, 6.45) is 2.52. The van der Waals surface area contributed by atoms with Gasteiger partial charge in [-0.25, -0.2) is 4.68 Å². The van der Waals surface area contributed by atoms with Gasteiger partial charge in [0.1, 0.15) is 11.4 Å². The fourth-order valence-electron chi connectivity index (χ4n) is 3.76. The number of aromatic nitrogens is 2. The zero-order chi connectivity index (χ0) is 22.8. The molecule has 0 aliphatic carbocycles. The van der Waals surface area contributed by atoms with Gasteiger partial charge in [-0.15, -0.1) is 0 Å². The van der Waals surface area contributed by atoms with E-state index < -0.39 is 0 Å². The highest BCUT2D eigenvalue weighted by atomic mass is 16.5. The minimum atomic E-state index is -0.373. The SMILES string of the molecule is CCCC[C@H](O)CN(CCOC)Cc1c(-c2ccccc2)nn(C)c1Oc1ccccc1. The van der Waals surface area contributed by atoms with E-state index in [0.717, 1.165) is 41.8 Å². The van der Waals surface area contributed by atoms with Crippen LogP contribution in [-0.2, 0) is 18.3 Å². The smallest absolute Gasteiger partial charge is 0.222 e. The van der Waals surface area contributed by atoms with Crippen LogP contribution in [0.3, 0.4) is 0 Å². The fourth-order valence-corrected chi connectivity index (χ4v) is 3.76. The molecule has 1 aromatic heterocycles. The number of para-hydroxylation sites is 1. The number of ether oxygens (including phenoxy) is 2. The summed E-state index contributed by atoms with van der Waals surface area (Å²) in [6.45, 7) is 4.64. The molecular weight excluding hydrogens is 402 g/mol. The quantitative estimate of drug-likeness (QED) is 0.413. The zero-order valence-corrected chi connectivity index (χ0v) is 19.4. The van der Waals surface area contributed by atoms with E-state index in [4.69, 9.17) is 14.6 Å². The lowest BCUT2D eigenvalue weighted by molar-refractivity contribution is 0.0788. The Labute approximate surface area is 191 Å². The second-order valence-electron chi connectivity index (χ2n) is 8.06. The predicted molar refractivity (Wildman–Crippen MR) is 128 cm³/mol. The standard InChI is InChI=1S/C26H35N3O3/c1-4-5-14-22(30)19-29(17-18-31-3)20-24-25(21-12-8-6-9-13-21)27-28(2)26(24)32-23-15-10-7-11-16-23/h6-13,15-16,22,30H,4-5,14,17-20H2,1-3H3/t22-/m0/s1. The molecule has 0 bridgehead atoms. The number of rotatable bonds is 13. The monoisotopic (exact) mass is 437 g/mol. The second-order valence-corrected chi connectivity index (χ2v) is 8.06. The van der Waals surface area contributed by atoms with E-state index in [-0.39, 0.29) is 6.10 Å². The van der Waals surface area contributed by atoms with Crippen molar-refractivity contribution >= 4 is 0 Å². The van der Waals surface area contributed by atoms with Crippen LogP contribution < -0.4 is 4.74 Å². The molecule has 0 unspecified atom stereocenters. The molecule has 2 aromatic carbocycles. The first kappa shape index (κ1) is 24.0. The van der Waals surface area contributed by atoms with Crippen LogP contribution in [0.5, 0.6) is 11.6 Å². The van der Waals surface area contributed by atoms with Gasteiger partial charge < -0.3 is 14.6 Å². The van der Waals surface area contributed by atoms with Crippen molar-refractivity contribution in [2.75, 3.05) is 26.8 Å². The maximum Gasteiger partial charge on any atom is 0.222 e. The highest BCUT2D eigenvalue weighted by Crippen LogP contribution is 2.34. The number of methoxy groups -OCH3 is 1. The molecule has 0 amide bonds. The van der Waals surface area contributed by atoms with E-state index >= 15 is 0 Å². The number of unbranched alkanes of at least 4 members (excludes halogenated alkanes) is 1. The van der Waals surface area contributed by atoms with Crippen LogP contribution in [0.25, 0.3) is 11.3 Å². The lowest BCUT2D eigenvalue weighted by Gasteiger charge is -2.25. The average molecular weight is 438 g/mol. The highest BCUT2D eigenvalue weighted by Gasteiger charge is 2.23. The van der Waals surface area contributed by atoms with Crippen molar-refractivity contribution in [1.29, 1.82) is 0 Å². The Morgan fingerprint density at radius 1 is 1.06 bits per heavy atom. The molecule has 6 nitrogen and oxygen atoms in total. The summed E-state index contributed by atoms with van der Waals surface area (Å²) in [7, 11) is 3.61. The molecule has 0 saturated heterocycles. The summed E-state index contributed by atoms with van der Waals surface area (Å²) in [4.78, 5) is 2.23. The number of benzene rings is 2. The van der Waals surface area contributed by atoms with Gasteiger partial charge in [0, 0.05) is 39.4 Å². The molecule has 1 heterocycles. The molecular formula is C26H35N3O3. The molecule has 172 valence electrons. The first-order valence-corrected chi connectivity index (χ1v) is 11.4. The Bertz CT molecular complexity index is 928. The molecule has 3 rings (SSSR count). The van der Waals surface area contributed by atoms with Gasteiger partial charge in [-0.1, -0.05) is 68.3 Å². The topological polar surface area (TPSA) is 59.8 Å². The van der Waals surface area contributed by atoms with Crippen LogP contribution in [0.15, 0.2) is 60.7 Å². The van der Waals surface area contributed by atoms with Crippen molar-refractivity contribution in [3.63, 3.8) is 0 Å². The van der Waals surface area contributed by atoms with Crippen LogP contribution in [0.4, 0.5) is 0 Å². The van der Waals surface area contributed by atoms with E-state index in [0.29, 0.717) is 32.1 Å². The summed E-state index contributed by atoms with van der Waals surface area (Å²) in [6, 6.07) is 19.9. The molecule has 1 N–H and O–H groups in total. The van der Waals surface area contributed by atoms with E-state index in [2.05, 4.69) is 24.0 Å². The van der Waals surface area contributed by atoms with E-state index in [1.165, 1.54) is 0 Å². The first-order valence-electron chi connectivity index (χ1n) is 11.4. The number of aliphatic hydroxyl groups excluding tert-OH is 1. The molecule has 0 aliphatic heterocycles. The van der Waals surface area contributed by atoms with Crippen molar-refractivity contribution < 1.29 is 14.6 Å². The third-order valence-electron chi connectivity index (χ3n) is 5.45. The Hall–Kier alpha value is -2.67. The predicted octanol–water partition coefficient (Wildman–Crippen LogP) is 4.88. The average Bonchev–Trinajstić information content (AvgIpc) is 3.12. The third kappa shape index (κ3) is 6.66. The number of hydrogen-bond acceptors (Lipinski definition) is 5. The lowest BCUT2D eigenvalue weighted by Crippen LogP contribution is -2.34. The number of nitrogens with zero attached hydrogens (tertiary/aromatic N) is 3. The maximum atomic E-state index is 10.6. The van der Waals surface area contributed by atoms with Crippen molar-refractivity contribution in [1.82, 2.24) is 14.7 Å². The van der Waals surface area contributed by atoms with Gasteiger partial charge >= 0.3 is 0 Å². The molecule has 6 heteroatoms. The molecule has 0 aliphatic rings. The van der Waals surface area contributed by atoms with Gasteiger partial charge in [-0.2, -0.15) is 5.10 Å².